The van der Waals surface area contributed by atoms with Crippen molar-refractivity contribution < 1.29 is 33.3 Å². The molecule has 0 fully saturated rings. The highest BCUT2D eigenvalue weighted by molar-refractivity contribution is 9.10. The first kappa shape index (κ1) is 22.5. The highest BCUT2D eigenvalue weighted by atomic mass is 79.9. The van der Waals surface area contributed by atoms with Crippen LogP contribution in [0.1, 0.15) is 34.1 Å². The molecule has 156 valence electrons. The fourth-order valence-corrected chi connectivity index (χ4v) is 3.06. The fourth-order valence-electron chi connectivity index (χ4n) is 2.50. The highest BCUT2D eigenvalue weighted by Crippen LogP contribution is 2.37. The number of esters is 1. The van der Waals surface area contributed by atoms with Gasteiger partial charge in [0.05, 0.1) is 43.5 Å². The standard InChI is InChI=1S/C21H23BrO7/c1-5-8-28-20-16(22)9-13(10-19(20)27-4)21(24)29-12-17(23)15-7-6-14(25-2)11-18(15)26-3/h6-7,9-11H,5,8,12H2,1-4H3. The zero-order valence-corrected chi connectivity index (χ0v) is 18.3. The van der Waals surface area contributed by atoms with Gasteiger partial charge in [-0.15, -0.1) is 0 Å². The van der Waals surface area contributed by atoms with Crippen LogP contribution in [0.4, 0.5) is 0 Å². The number of carbonyl (C=O) groups excluding carboxylic acids is 2. The molecule has 0 heterocycles. The topological polar surface area (TPSA) is 80.3 Å². The van der Waals surface area contributed by atoms with E-state index in [2.05, 4.69) is 15.9 Å². The lowest BCUT2D eigenvalue weighted by Gasteiger charge is -2.14. The van der Waals surface area contributed by atoms with E-state index >= 15 is 0 Å². The second kappa shape index (κ2) is 10.7. The molecule has 2 rings (SSSR count). The van der Waals surface area contributed by atoms with E-state index in [1.807, 2.05) is 6.92 Å². The van der Waals surface area contributed by atoms with E-state index in [1.54, 1.807) is 24.3 Å². The number of methoxy groups -OCH3 is 3. The maximum Gasteiger partial charge on any atom is 0.338 e. The molecule has 7 nitrogen and oxygen atoms in total. The lowest BCUT2D eigenvalue weighted by molar-refractivity contribution is 0.0473. The highest BCUT2D eigenvalue weighted by Gasteiger charge is 2.19. The van der Waals surface area contributed by atoms with Gasteiger partial charge in [-0.2, -0.15) is 0 Å². The van der Waals surface area contributed by atoms with Crippen LogP contribution in [-0.2, 0) is 4.74 Å². The molecule has 0 radical (unpaired) electrons. The summed E-state index contributed by atoms with van der Waals surface area (Å²) in [6.45, 7) is 2.06. The van der Waals surface area contributed by atoms with Gasteiger partial charge in [0.15, 0.2) is 18.1 Å². The third kappa shape index (κ3) is 5.63. The molecule has 0 aromatic heterocycles. The van der Waals surface area contributed by atoms with Gasteiger partial charge in [-0.05, 0) is 46.6 Å². The molecular weight excluding hydrogens is 444 g/mol. The minimum absolute atomic E-state index is 0.229. The summed E-state index contributed by atoms with van der Waals surface area (Å²) < 4.78 is 27.0. The van der Waals surface area contributed by atoms with E-state index in [4.69, 9.17) is 23.7 Å². The van der Waals surface area contributed by atoms with Crippen molar-refractivity contribution in [3.8, 4) is 23.0 Å². The van der Waals surface area contributed by atoms with Crippen molar-refractivity contribution in [1.82, 2.24) is 0 Å². The van der Waals surface area contributed by atoms with E-state index in [0.29, 0.717) is 39.6 Å². The molecule has 0 aliphatic heterocycles. The second-order valence-electron chi connectivity index (χ2n) is 5.90. The summed E-state index contributed by atoms with van der Waals surface area (Å²) in [7, 11) is 4.45. The predicted octanol–water partition coefficient (Wildman–Crippen LogP) is 4.30. The average Bonchev–Trinajstić information content (AvgIpc) is 2.75. The maximum atomic E-state index is 12.5. The van der Waals surface area contributed by atoms with E-state index in [-0.39, 0.29) is 5.56 Å². The monoisotopic (exact) mass is 466 g/mol. The second-order valence-corrected chi connectivity index (χ2v) is 6.76. The number of carbonyl (C=O) groups is 2. The molecule has 0 atom stereocenters. The van der Waals surface area contributed by atoms with Crippen molar-refractivity contribution in [2.24, 2.45) is 0 Å². The van der Waals surface area contributed by atoms with Gasteiger partial charge in [0.2, 0.25) is 5.78 Å². The van der Waals surface area contributed by atoms with Gasteiger partial charge in [-0.25, -0.2) is 4.79 Å². The van der Waals surface area contributed by atoms with Gasteiger partial charge in [0, 0.05) is 6.07 Å². The van der Waals surface area contributed by atoms with Crippen molar-refractivity contribution in [2.75, 3.05) is 34.5 Å². The molecule has 0 N–H and O–H groups in total. The molecular formula is C21H23BrO7. The number of ketones is 1. The van der Waals surface area contributed by atoms with Crippen LogP contribution < -0.4 is 18.9 Å². The number of benzene rings is 2. The van der Waals surface area contributed by atoms with Gasteiger partial charge in [0.1, 0.15) is 11.5 Å². The number of Topliss-reactive ketones (excluding diaryl/α,β-unsaturated/α-hetero) is 1. The number of halogens is 1. The zero-order chi connectivity index (χ0) is 21.4. The number of ether oxygens (including phenoxy) is 5. The first-order valence-corrected chi connectivity index (χ1v) is 9.67. The molecule has 0 spiro atoms. The molecule has 0 aliphatic carbocycles. The largest absolute Gasteiger partial charge is 0.497 e. The molecule has 2 aromatic rings. The third-order valence-electron chi connectivity index (χ3n) is 3.96. The average molecular weight is 467 g/mol. The minimum atomic E-state index is -0.660. The Morgan fingerprint density at radius 2 is 1.69 bits per heavy atom. The lowest BCUT2D eigenvalue weighted by Crippen LogP contribution is -2.15. The number of rotatable bonds is 10. The summed E-state index contributed by atoms with van der Waals surface area (Å²) in [4.78, 5) is 24.9. The summed E-state index contributed by atoms with van der Waals surface area (Å²) in [5, 5.41) is 0. The summed E-state index contributed by atoms with van der Waals surface area (Å²) >= 11 is 3.38. The van der Waals surface area contributed by atoms with Crippen LogP contribution in [-0.4, -0.2) is 46.3 Å². The molecule has 29 heavy (non-hydrogen) atoms. The van der Waals surface area contributed by atoms with Crippen molar-refractivity contribution in [2.45, 2.75) is 13.3 Å². The fraction of sp³-hybridized carbons (Fsp3) is 0.333. The molecule has 0 bridgehead atoms. The van der Waals surface area contributed by atoms with E-state index < -0.39 is 18.4 Å². The Balaban J connectivity index is 2.13. The molecule has 0 amide bonds. The summed E-state index contributed by atoms with van der Waals surface area (Å²) in [6.07, 6.45) is 0.830. The van der Waals surface area contributed by atoms with Crippen LogP contribution in [0.5, 0.6) is 23.0 Å². The van der Waals surface area contributed by atoms with Gasteiger partial charge in [0.25, 0.3) is 0 Å². The summed E-state index contributed by atoms with van der Waals surface area (Å²) in [5.41, 5.74) is 0.523. The Hall–Kier alpha value is -2.74. The molecule has 8 heteroatoms. The first-order chi connectivity index (χ1) is 13.9. The summed E-state index contributed by atoms with van der Waals surface area (Å²) in [5.74, 6) is 0.733. The first-order valence-electron chi connectivity index (χ1n) is 8.87. The Morgan fingerprint density at radius 1 is 0.966 bits per heavy atom. The van der Waals surface area contributed by atoms with Crippen LogP contribution in [0.25, 0.3) is 0 Å². The van der Waals surface area contributed by atoms with Gasteiger partial charge >= 0.3 is 5.97 Å². The van der Waals surface area contributed by atoms with E-state index in [9.17, 15) is 9.59 Å². The van der Waals surface area contributed by atoms with Crippen molar-refractivity contribution >= 4 is 27.7 Å². The lowest BCUT2D eigenvalue weighted by atomic mass is 10.1. The van der Waals surface area contributed by atoms with Crippen molar-refractivity contribution in [3.05, 3.63) is 45.9 Å². The van der Waals surface area contributed by atoms with Crippen LogP contribution in [0.2, 0.25) is 0 Å². The van der Waals surface area contributed by atoms with Gasteiger partial charge in [-0.3, -0.25) is 4.79 Å². The van der Waals surface area contributed by atoms with Crippen LogP contribution >= 0.6 is 15.9 Å². The minimum Gasteiger partial charge on any atom is -0.497 e. The van der Waals surface area contributed by atoms with Crippen LogP contribution in [0.15, 0.2) is 34.8 Å². The Kier molecular flexibility index (Phi) is 8.33. The SMILES string of the molecule is CCCOc1c(Br)cc(C(=O)OCC(=O)c2ccc(OC)cc2OC)cc1OC. The summed E-state index contributed by atoms with van der Waals surface area (Å²) in [6, 6.07) is 7.86. The number of hydrogen-bond donors (Lipinski definition) is 0. The quantitative estimate of drug-likeness (QED) is 0.381. The van der Waals surface area contributed by atoms with E-state index in [1.165, 1.54) is 27.4 Å². The smallest absolute Gasteiger partial charge is 0.338 e. The predicted molar refractivity (Wildman–Crippen MR) is 111 cm³/mol. The molecule has 0 saturated heterocycles. The Bertz CT molecular complexity index is 880. The van der Waals surface area contributed by atoms with E-state index in [0.717, 1.165) is 6.42 Å². The van der Waals surface area contributed by atoms with Crippen molar-refractivity contribution in [3.63, 3.8) is 0 Å². The van der Waals surface area contributed by atoms with Gasteiger partial charge in [-0.1, -0.05) is 6.92 Å². The van der Waals surface area contributed by atoms with Crippen LogP contribution in [0.3, 0.4) is 0 Å². The van der Waals surface area contributed by atoms with Crippen molar-refractivity contribution in [1.29, 1.82) is 0 Å². The third-order valence-corrected chi connectivity index (χ3v) is 4.55. The molecule has 0 aliphatic rings. The Morgan fingerprint density at radius 3 is 2.31 bits per heavy atom. The Labute approximate surface area is 178 Å². The molecule has 0 saturated carbocycles. The normalized spacial score (nSPS) is 10.2. The maximum absolute atomic E-state index is 12.5. The number of hydrogen-bond acceptors (Lipinski definition) is 7. The van der Waals surface area contributed by atoms with Crippen LogP contribution in [0, 0.1) is 0 Å². The molecule has 2 aromatic carbocycles. The van der Waals surface area contributed by atoms with Gasteiger partial charge < -0.3 is 23.7 Å². The zero-order valence-electron chi connectivity index (χ0n) is 16.7. The molecule has 0 unspecified atom stereocenters.